The Hall–Kier alpha value is -2.76. The molecule has 3 amide bonds. The monoisotopic (exact) mass is 681 g/mol. The van der Waals surface area contributed by atoms with Gasteiger partial charge in [-0.15, -0.1) is 23.2 Å². The highest BCUT2D eigenvalue weighted by Gasteiger charge is 2.67. The number of amides is 3. The van der Waals surface area contributed by atoms with E-state index in [9.17, 15) is 27.6 Å². The first-order valence-corrected chi connectivity index (χ1v) is 13.9. The summed E-state index contributed by atoms with van der Waals surface area (Å²) in [5, 5.41) is 7.10. The van der Waals surface area contributed by atoms with Crippen LogP contribution in [0.3, 0.4) is 0 Å². The van der Waals surface area contributed by atoms with Gasteiger partial charge in [0.05, 0.1) is 32.2 Å². The first kappa shape index (κ1) is 30.7. The molecule has 3 atom stereocenters. The molecule has 0 heterocycles. The number of halogens is 9. The molecular formula is C27H16Cl5F4N3O3. The maximum Gasteiger partial charge on any atom is 0.260 e. The van der Waals surface area contributed by atoms with E-state index in [1.165, 1.54) is 18.2 Å². The van der Waals surface area contributed by atoms with Gasteiger partial charge in [0.2, 0.25) is 11.8 Å². The third-order valence-corrected chi connectivity index (χ3v) is 8.86. The van der Waals surface area contributed by atoms with Crippen molar-refractivity contribution in [1.82, 2.24) is 0 Å². The average molecular weight is 684 g/mol. The van der Waals surface area contributed by atoms with Crippen LogP contribution in [0.2, 0.25) is 15.1 Å². The highest BCUT2D eigenvalue weighted by molar-refractivity contribution is 6.53. The summed E-state index contributed by atoms with van der Waals surface area (Å²) in [7, 11) is 0. The van der Waals surface area contributed by atoms with Gasteiger partial charge < -0.3 is 16.0 Å². The predicted molar refractivity (Wildman–Crippen MR) is 153 cm³/mol. The largest absolute Gasteiger partial charge is 0.326 e. The van der Waals surface area contributed by atoms with Crippen LogP contribution < -0.4 is 16.0 Å². The molecule has 0 spiro atoms. The third kappa shape index (κ3) is 5.88. The molecule has 0 aliphatic heterocycles. The minimum absolute atomic E-state index is 0.0818. The van der Waals surface area contributed by atoms with E-state index in [2.05, 4.69) is 10.6 Å². The summed E-state index contributed by atoms with van der Waals surface area (Å²) in [4.78, 5) is 38.0. The van der Waals surface area contributed by atoms with Gasteiger partial charge in [-0.1, -0.05) is 40.9 Å². The Morgan fingerprint density at radius 3 is 2.12 bits per heavy atom. The van der Waals surface area contributed by atoms with Gasteiger partial charge in [-0.3, -0.25) is 14.4 Å². The lowest BCUT2D eigenvalue weighted by atomic mass is 10.1. The van der Waals surface area contributed by atoms with Crippen molar-refractivity contribution in [2.24, 2.45) is 11.8 Å². The Kier molecular flexibility index (Phi) is 8.08. The molecule has 2 fully saturated rings. The van der Waals surface area contributed by atoms with Crippen LogP contribution in [0, 0.1) is 23.5 Å². The van der Waals surface area contributed by atoms with Crippen LogP contribution in [0.5, 0.6) is 0 Å². The van der Waals surface area contributed by atoms with Gasteiger partial charge >= 0.3 is 0 Å². The van der Waals surface area contributed by atoms with Crippen molar-refractivity contribution in [1.29, 1.82) is 0 Å². The fourth-order valence-corrected chi connectivity index (χ4v) is 5.77. The van der Waals surface area contributed by atoms with Crippen molar-refractivity contribution < 1.29 is 31.9 Å². The molecule has 5 rings (SSSR count). The molecular weight excluding hydrogens is 668 g/mol. The Morgan fingerprint density at radius 1 is 0.810 bits per heavy atom. The van der Waals surface area contributed by atoms with Gasteiger partial charge in [0.25, 0.3) is 11.8 Å². The van der Waals surface area contributed by atoms with Crippen molar-refractivity contribution >= 4 is 92.8 Å². The molecule has 3 aromatic rings. The zero-order valence-corrected chi connectivity index (χ0v) is 24.5. The second-order valence-electron chi connectivity index (χ2n) is 9.73. The summed E-state index contributed by atoms with van der Waals surface area (Å²) in [6, 6.07) is 10.3. The molecule has 2 unspecified atom stereocenters. The van der Waals surface area contributed by atoms with Crippen LogP contribution in [-0.2, 0) is 9.59 Å². The third-order valence-electron chi connectivity index (χ3n) is 6.85. The molecule has 2 aliphatic rings. The second-order valence-corrected chi connectivity index (χ2v) is 12.4. The number of carbonyl (C=O) groups is 3. The van der Waals surface area contributed by atoms with Gasteiger partial charge in [-0.2, -0.15) is 0 Å². The highest BCUT2D eigenvalue weighted by atomic mass is 35.5. The fourth-order valence-electron chi connectivity index (χ4n) is 4.43. The predicted octanol–water partition coefficient (Wildman–Crippen LogP) is 8.30. The molecule has 3 N–H and O–H groups in total. The number of benzene rings is 3. The fraction of sp³-hybridized carbons (Fsp3) is 0.222. The Labute approximate surface area is 260 Å². The minimum Gasteiger partial charge on any atom is -0.326 e. The lowest BCUT2D eigenvalue weighted by Gasteiger charge is -2.13. The van der Waals surface area contributed by atoms with Crippen LogP contribution >= 0.6 is 58.0 Å². The SMILES string of the molecule is O=C(Nc1ccc(F)c(NC(=O)C2CC2(F)F)c1F)c1cc(NC(=O)C2[C@H](c3ccc(Cl)c(Cl)c3)C2(Cl)Cl)ccc1Cl. The maximum absolute atomic E-state index is 15.0. The van der Waals surface area contributed by atoms with Crippen LogP contribution in [0.15, 0.2) is 48.5 Å². The summed E-state index contributed by atoms with van der Waals surface area (Å²) in [5.74, 6) is -11.9. The van der Waals surface area contributed by atoms with E-state index in [0.29, 0.717) is 10.6 Å². The van der Waals surface area contributed by atoms with Gasteiger partial charge in [0.15, 0.2) is 5.82 Å². The van der Waals surface area contributed by atoms with Crippen molar-refractivity contribution in [3.05, 3.63) is 86.4 Å². The Morgan fingerprint density at radius 2 is 1.48 bits per heavy atom. The van der Waals surface area contributed by atoms with Crippen molar-refractivity contribution in [3.8, 4) is 0 Å². The van der Waals surface area contributed by atoms with Crippen molar-refractivity contribution in [3.63, 3.8) is 0 Å². The van der Waals surface area contributed by atoms with Crippen LogP contribution in [0.4, 0.5) is 34.6 Å². The minimum atomic E-state index is -3.25. The maximum atomic E-state index is 15.0. The summed E-state index contributed by atoms with van der Waals surface area (Å²) >= 11 is 30.9. The van der Waals surface area contributed by atoms with Gasteiger partial charge in [0.1, 0.15) is 21.8 Å². The standard InChI is InChI=1S/C27H16Cl5F4N3O3/c28-14-4-2-11(37-25(42)20-19(27(20,31)32)10-1-3-15(29)16(30)7-10)8-12(14)23(40)38-18-6-5-17(33)22(21(18)34)39-24(41)13-9-26(13,35)36/h1-8,13,19-20H,9H2,(H,37,42)(H,38,40)(H,39,41)/t13?,19-,20?/m0/s1. The Balaban J connectivity index is 1.30. The number of hydrogen-bond acceptors (Lipinski definition) is 3. The summed E-state index contributed by atoms with van der Waals surface area (Å²) in [6.45, 7) is 0. The number of nitrogens with one attached hydrogen (secondary N) is 3. The molecule has 0 bridgehead atoms. The lowest BCUT2D eigenvalue weighted by Crippen LogP contribution is -2.21. The number of alkyl halides is 4. The average Bonchev–Trinajstić information content (AvgIpc) is 3.75. The first-order valence-electron chi connectivity index (χ1n) is 12.0. The normalized spacial score (nSPS) is 21.3. The zero-order valence-electron chi connectivity index (χ0n) is 20.7. The lowest BCUT2D eigenvalue weighted by molar-refractivity contribution is -0.119. The molecule has 15 heteroatoms. The van der Waals surface area contributed by atoms with Crippen LogP contribution in [0.1, 0.15) is 28.3 Å². The van der Waals surface area contributed by atoms with E-state index in [4.69, 9.17) is 58.0 Å². The molecule has 2 aliphatic carbocycles. The molecule has 0 aromatic heterocycles. The second kappa shape index (κ2) is 11.1. The number of hydrogen-bond donors (Lipinski definition) is 3. The summed E-state index contributed by atoms with van der Waals surface area (Å²) in [6.07, 6.45) is -0.739. The van der Waals surface area contributed by atoms with Crippen molar-refractivity contribution in [2.75, 3.05) is 16.0 Å². The molecule has 6 nitrogen and oxygen atoms in total. The van der Waals surface area contributed by atoms with E-state index >= 15 is 4.39 Å². The molecule has 220 valence electrons. The van der Waals surface area contributed by atoms with Crippen molar-refractivity contribution in [2.45, 2.75) is 22.6 Å². The van der Waals surface area contributed by atoms with Crippen LogP contribution in [0.25, 0.3) is 0 Å². The molecule has 3 aromatic carbocycles. The number of anilines is 3. The van der Waals surface area contributed by atoms with E-state index in [-0.39, 0.29) is 21.3 Å². The van der Waals surface area contributed by atoms with E-state index in [1.54, 1.807) is 23.5 Å². The van der Waals surface area contributed by atoms with E-state index in [0.717, 1.165) is 12.1 Å². The van der Waals surface area contributed by atoms with Crippen LogP contribution in [-0.4, -0.2) is 28.0 Å². The van der Waals surface area contributed by atoms with Gasteiger partial charge in [-0.05, 0) is 48.0 Å². The summed E-state index contributed by atoms with van der Waals surface area (Å²) < 4.78 is 54.1. The summed E-state index contributed by atoms with van der Waals surface area (Å²) in [5.41, 5.74) is -1.06. The zero-order chi connectivity index (χ0) is 30.7. The first-order chi connectivity index (χ1) is 19.6. The topological polar surface area (TPSA) is 87.3 Å². The van der Waals surface area contributed by atoms with E-state index < -0.39 is 75.2 Å². The Bertz CT molecular complexity index is 1660. The van der Waals surface area contributed by atoms with Gasteiger partial charge in [-0.25, -0.2) is 17.6 Å². The van der Waals surface area contributed by atoms with E-state index in [1.807, 2.05) is 0 Å². The van der Waals surface area contributed by atoms with Gasteiger partial charge in [0, 0.05) is 18.0 Å². The number of carbonyl (C=O) groups excluding carboxylic acids is 3. The molecule has 2 saturated carbocycles. The number of rotatable bonds is 7. The highest BCUT2D eigenvalue weighted by Crippen LogP contribution is 2.65. The quantitative estimate of drug-likeness (QED) is 0.173. The molecule has 0 saturated heterocycles. The smallest absolute Gasteiger partial charge is 0.260 e. The molecule has 0 radical (unpaired) electrons. The molecule has 42 heavy (non-hydrogen) atoms.